The third kappa shape index (κ3) is 7.67. The zero-order chi connectivity index (χ0) is 45.1. The number of nitrogens with one attached hydrogen (secondary N) is 2. The number of aromatic nitrogens is 7. The number of fused-ring (bicyclic) bond motifs is 3. The molecule has 7 heterocycles. The second-order valence-corrected chi connectivity index (χ2v) is 17.8. The molecule has 18 heteroatoms. The number of halogens is 1. The first-order valence-corrected chi connectivity index (χ1v) is 22.6. The Labute approximate surface area is 375 Å². The van der Waals surface area contributed by atoms with Crippen LogP contribution in [0.25, 0.3) is 27.8 Å². The third-order valence-electron chi connectivity index (χ3n) is 13.8. The van der Waals surface area contributed by atoms with Gasteiger partial charge in [-0.1, -0.05) is 19.1 Å². The molecule has 17 nitrogen and oxygen atoms in total. The van der Waals surface area contributed by atoms with E-state index in [1.807, 2.05) is 31.2 Å². The average molecular weight is 884 g/mol. The standard InChI is InChI=1S/C47H54FN13O4/c1-5-16-60-44(63)34-27-49-45(53-42(34)61(60)39-10-7-31-11-15-47(65,6-2)41(31)51-39)50-32-8-9-36(29(3)24-32)58-22-20-56(21-23-58)28-30-12-17-57(18-13-30)38-26-37-33(25-35(38)48)43(54-55(37)4)59-19-14-40(62)52-46(59)64/h5,7-10,24-27,30,65H,1,6,11-23,28H2,2-4H3,(H,49,50,53)(H,52,62,64)/t47-/m1/s1. The average Bonchev–Trinajstić information content (AvgIpc) is 3.90. The quantitative estimate of drug-likeness (QED) is 0.144. The van der Waals surface area contributed by atoms with E-state index in [9.17, 15) is 19.5 Å². The molecule has 3 saturated heterocycles. The minimum atomic E-state index is -1.00. The van der Waals surface area contributed by atoms with Gasteiger partial charge in [0.2, 0.25) is 11.9 Å². The van der Waals surface area contributed by atoms with E-state index in [1.54, 1.807) is 33.4 Å². The smallest absolute Gasteiger partial charge is 0.329 e. The van der Waals surface area contributed by atoms with Crippen molar-refractivity contribution in [3.8, 4) is 5.82 Å². The fraction of sp³-hybridized carbons (Fsp3) is 0.426. The second kappa shape index (κ2) is 16.7. The summed E-state index contributed by atoms with van der Waals surface area (Å²) in [5.74, 6) is 1.04. The Hall–Kier alpha value is -6.66. The molecule has 0 spiro atoms. The van der Waals surface area contributed by atoms with Gasteiger partial charge < -0.3 is 20.2 Å². The van der Waals surface area contributed by atoms with Crippen molar-refractivity contribution < 1.29 is 19.1 Å². The summed E-state index contributed by atoms with van der Waals surface area (Å²) >= 11 is 0. The Kier molecular flexibility index (Phi) is 10.9. The Morgan fingerprint density at radius 2 is 1.74 bits per heavy atom. The Balaban J connectivity index is 0.763. The SMILES string of the molecule is C=CCn1c(=O)c2cnc(Nc3ccc(N4CCN(CC5CCN(c6cc7c(cc6F)c(N6CCC(=O)NC6=O)nn7C)CC5)CC4)c(C)c3)nc2n1-c1ccc2c(n1)[C@@](O)(CC)CC2. The number of rotatable bonds is 11. The summed E-state index contributed by atoms with van der Waals surface area (Å²) in [4.78, 5) is 60.6. The van der Waals surface area contributed by atoms with E-state index in [0.717, 1.165) is 87.4 Å². The van der Waals surface area contributed by atoms with Gasteiger partial charge in [-0.2, -0.15) is 10.1 Å². The highest BCUT2D eigenvalue weighted by atomic mass is 19.1. The lowest BCUT2D eigenvalue weighted by Gasteiger charge is -2.40. The molecule has 6 aromatic rings. The normalized spacial score (nSPS) is 19.7. The summed E-state index contributed by atoms with van der Waals surface area (Å²) in [6, 6.07) is 12.9. The highest BCUT2D eigenvalue weighted by molar-refractivity contribution is 6.09. The van der Waals surface area contributed by atoms with Crippen LogP contribution >= 0.6 is 0 Å². The molecule has 3 fully saturated rings. The van der Waals surface area contributed by atoms with E-state index in [2.05, 4.69) is 61.1 Å². The first-order valence-electron chi connectivity index (χ1n) is 22.6. The number of benzene rings is 2. The van der Waals surface area contributed by atoms with E-state index in [4.69, 9.17) is 9.97 Å². The van der Waals surface area contributed by atoms with Gasteiger partial charge in [0.25, 0.3) is 5.56 Å². The van der Waals surface area contributed by atoms with Crippen molar-refractivity contribution in [3.05, 3.63) is 94.3 Å². The Morgan fingerprint density at radius 1 is 0.954 bits per heavy atom. The van der Waals surface area contributed by atoms with Gasteiger partial charge in [-0.15, -0.1) is 6.58 Å². The lowest BCUT2D eigenvalue weighted by Crippen LogP contribution is -2.49. The van der Waals surface area contributed by atoms with Crippen molar-refractivity contribution in [1.29, 1.82) is 0 Å². The molecule has 65 heavy (non-hydrogen) atoms. The molecule has 0 bridgehead atoms. The minimum absolute atomic E-state index is 0.168. The Morgan fingerprint density at radius 3 is 2.48 bits per heavy atom. The third-order valence-corrected chi connectivity index (χ3v) is 13.8. The molecule has 3 aliphatic heterocycles. The van der Waals surface area contributed by atoms with Crippen LogP contribution in [0.15, 0.2) is 66.1 Å². The van der Waals surface area contributed by atoms with Crippen molar-refractivity contribution in [3.63, 3.8) is 0 Å². The van der Waals surface area contributed by atoms with Crippen molar-refractivity contribution >= 4 is 62.7 Å². The number of nitrogens with zero attached hydrogens (tertiary/aromatic N) is 11. The summed E-state index contributed by atoms with van der Waals surface area (Å²) in [5, 5.41) is 22.4. The number of carbonyl (C=O) groups excluding carboxylic acids is 2. The van der Waals surface area contributed by atoms with Crippen molar-refractivity contribution in [1.82, 2.24) is 44.3 Å². The first-order chi connectivity index (χ1) is 31.4. The number of hydrogen-bond acceptors (Lipinski definition) is 12. The van der Waals surface area contributed by atoms with Crippen molar-refractivity contribution in [2.75, 3.05) is 72.4 Å². The number of aryl methyl sites for hydroxylation is 3. The van der Waals surface area contributed by atoms with E-state index >= 15 is 4.39 Å². The predicted octanol–water partition coefficient (Wildman–Crippen LogP) is 5.27. The summed E-state index contributed by atoms with van der Waals surface area (Å²) in [5.41, 5.74) is 5.23. The number of carbonyl (C=O) groups is 2. The highest BCUT2D eigenvalue weighted by Gasteiger charge is 2.37. The maximum Gasteiger partial charge on any atom is 0.329 e. The van der Waals surface area contributed by atoms with Crippen LogP contribution in [0.2, 0.25) is 0 Å². The van der Waals surface area contributed by atoms with Gasteiger partial charge in [0, 0.05) is 88.8 Å². The molecule has 4 aromatic heterocycles. The minimum Gasteiger partial charge on any atom is -0.384 e. The largest absolute Gasteiger partial charge is 0.384 e. The van der Waals surface area contributed by atoms with Crippen molar-refractivity contribution in [2.24, 2.45) is 13.0 Å². The molecule has 10 rings (SSSR count). The number of piperazine rings is 1. The van der Waals surface area contributed by atoms with Crippen LogP contribution in [0.1, 0.15) is 55.8 Å². The molecule has 338 valence electrons. The predicted molar refractivity (Wildman–Crippen MR) is 248 cm³/mol. The van der Waals surface area contributed by atoms with Crippen LogP contribution in [-0.4, -0.2) is 108 Å². The van der Waals surface area contributed by atoms with Crippen LogP contribution in [-0.2, 0) is 30.4 Å². The van der Waals surface area contributed by atoms with Gasteiger partial charge in [-0.05, 0) is 92.5 Å². The molecular weight excluding hydrogens is 830 g/mol. The van der Waals surface area contributed by atoms with Gasteiger partial charge in [-0.25, -0.2) is 28.5 Å². The molecule has 1 atom stereocenters. The van der Waals surface area contributed by atoms with Crippen LogP contribution < -0.4 is 30.9 Å². The van der Waals surface area contributed by atoms with Crippen LogP contribution in [0, 0.1) is 18.7 Å². The number of allylic oxidation sites excluding steroid dienone is 1. The van der Waals surface area contributed by atoms with E-state index in [0.29, 0.717) is 64.1 Å². The maximum atomic E-state index is 15.7. The Bertz CT molecular complexity index is 2930. The zero-order valence-electron chi connectivity index (χ0n) is 37.1. The molecule has 0 saturated carbocycles. The molecule has 2 aromatic carbocycles. The van der Waals surface area contributed by atoms with Crippen LogP contribution in [0.3, 0.4) is 0 Å². The van der Waals surface area contributed by atoms with Gasteiger partial charge in [0.15, 0.2) is 17.3 Å². The number of aliphatic hydroxyl groups is 1. The monoisotopic (exact) mass is 883 g/mol. The van der Waals surface area contributed by atoms with Gasteiger partial charge in [0.1, 0.15) is 16.8 Å². The lowest BCUT2D eigenvalue weighted by atomic mass is 9.95. The second-order valence-electron chi connectivity index (χ2n) is 17.8. The maximum absolute atomic E-state index is 15.7. The van der Waals surface area contributed by atoms with Crippen LogP contribution in [0.4, 0.5) is 38.0 Å². The summed E-state index contributed by atoms with van der Waals surface area (Å²) in [7, 11) is 1.78. The number of amides is 3. The molecule has 1 aliphatic carbocycles. The topological polar surface area (TPSA) is 175 Å². The lowest BCUT2D eigenvalue weighted by molar-refractivity contribution is -0.120. The first kappa shape index (κ1) is 42.3. The van der Waals surface area contributed by atoms with E-state index in [-0.39, 0.29) is 36.8 Å². The molecule has 0 unspecified atom stereocenters. The zero-order valence-corrected chi connectivity index (χ0v) is 37.1. The number of pyridine rings is 1. The molecule has 3 amide bonds. The summed E-state index contributed by atoms with van der Waals surface area (Å²) < 4.78 is 20.6. The summed E-state index contributed by atoms with van der Waals surface area (Å²) in [6.07, 6.45) is 7.22. The fourth-order valence-electron chi connectivity index (χ4n) is 10.2. The molecule has 0 radical (unpaired) electrons. The van der Waals surface area contributed by atoms with Crippen molar-refractivity contribution in [2.45, 2.75) is 64.5 Å². The number of piperidine rings is 1. The van der Waals surface area contributed by atoms with Gasteiger partial charge in [0.05, 0.1) is 23.4 Å². The molecule has 4 aliphatic rings. The fourth-order valence-corrected chi connectivity index (χ4v) is 10.2. The van der Waals surface area contributed by atoms with E-state index < -0.39 is 11.6 Å². The van der Waals surface area contributed by atoms with E-state index in [1.165, 1.54) is 16.7 Å². The molecule has 3 N–H and O–H groups in total. The molecular formula is C47H54FN13O4. The number of hydrogen-bond donors (Lipinski definition) is 3. The van der Waals surface area contributed by atoms with Crippen LogP contribution in [0.5, 0.6) is 0 Å². The highest BCUT2D eigenvalue weighted by Crippen LogP contribution is 2.39. The summed E-state index contributed by atoms with van der Waals surface area (Å²) in [6.45, 7) is 14.6. The van der Waals surface area contributed by atoms with Gasteiger partial charge in [-0.3, -0.25) is 29.4 Å². The van der Waals surface area contributed by atoms with Gasteiger partial charge >= 0.3 is 6.03 Å². The number of urea groups is 1. The number of anilines is 5. The number of imide groups is 1.